The van der Waals surface area contributed by atoms with E-state index in [9.17, 15) is 0 Å². The van der Waals surface area contributed by atoms with Crippen molar-refractivity contribution >= 4 is 0 Å². The maximum atomic E-state index is 8.91. The van der Waals surface area contributed by atoms with Crippen molar-refractivity contribution in [2.24, 2.45) is 5.92 Å². The van der Waals surface area contributed by atoms with Crippen LogP contribution in [0.3, 0.4) is 0 Å². The molecule has 0 saturated carbocycles. The number of nitriles is 1. The second-order valence-corrected chi connectivity index (χ2v) is 5.47. The predicted molar refractivity (Wildman–Crippen MR) is 65.0 cm³/mol. The molecule has 1 atom stereocenters. The van der Waals surface area contributed by atoms with Gasteiger partial charge in [0.1, 0.15) is 0 Å². The highest BCUT2D eigenvalue weighted by Gasteiger charge is 2.30. The van der Waals surface area contributed by atoms with Crippen LogP contribution in [0.25, 0.3) is 0 Å². The number of nitrogens with zero attached hydrogens (tertiary/aromatic N) is 3. The van der Waals surface area contributed by atoms with E-state index in [1.54, 1.807) is 0 Å². The fourth-order valence-corrected chi connectivity index (χ4v) is 2.99. The van der Waals surface area contributed by atoms with E-state index in [0.717, 1.165) is 25.6 Å². The zero-order valence-corrected chi connectivity index (χ0v) is 10.5. The molecular weight excluding hydrogens is 198 g/mol. The molecule has 16 heavy (non-hydrogen) atoms. The molecule has 0 spiro atoms. The van der Waals surface area contributed by atoms with Gasteiger partial charge in [-0.3, -0.25) is 4.90 Å². The molecule has 2 aliphatic heterocycles. The maximum absolute atomic E-state index is 8.91. The Hall–Kier alpha value is -0.590. The van der Waals surface area contributed by atoms with Crippen LogP contribution in [0.15, 0.2) is 0 Å². The van der Waals surface area contributed by atoms with Gasteiger partial charge in [0.2, 0.25) is 0 Å². The molecule has 0 aliphatic carbocycles. The maximum Gasteiger partial charge on any atom is 0.0669 e. The van der Waals surface area contributed by atoms with Crippen molar-refractivity contribution in [2.45, 2.75) is 45.2 Å². The lowest BCUT2D eigenvalue weighted by Crippen LogP contribution is -2.46. The first-order valence-electron chi connectivity index (χ1n) is 6.58. The molecule has 2 aliphatic rings. The minimum atomic E-state index is 0.295. The first-order valence-corrected chi connectivity index (χ1v) is 6.58. The Morgan fingerprint density at radius 3 is 2.31 bits per heavy atom. The predicted octanol–water partition coefficient (Wildman–Crippen LogP) is 1.70. The Bertz CT molecular complexity index is 261. The molecule has 0 N–H and O–H groups in total. The highest BCUT2D eigenvalue weighted by Crippen LogP contribution is 2.24. The smallest absolute Gasteiger partial charge is 0.0669 e. The summed E-state index contributed by atoms with van der Waals surface area (Å²) in [6, 6.07) is 3.84. The molecule has 90 valence electrons. The lowest BCUT2D eigenvalue weighted by molar-refractivity contribution is 0.106. The Balaban J connectivity index is 1.79. The zero-order valence-electron chi connectivity index (χ0n) is 10.5. The van der Waals surface area contributed by atoms with Gasteiger partial charge in [0, 0.05) is 18.6 Å². The van der Waals surface area contributed by atoms with Gasteiger partial charge in [0.05, 0.1) is 12.0 Å². The molecule has 0 aromatic carbocycles. The lowest BCUT2D eigenvalue weighted by Gasteiger charge is -2.38. The van der Waals surface area contributed by atoms with Crippen LogP contribution in [0.5, 0.6) is 0 Å². The van der Waals surface area contributed by atoms with Gasteiger partial charge in [-0.2, -0.15) is 5.26 Å². The van der Waals surface area contributed by atoms with Gasteiger partial charge < -0.3 is 4.90 Å². The van der Waals surface area contributed by atoms with Crippen molar-refractivity contribution in [3.05, 3.63) is 0 Å². The van der Waals surface area contributed by atoms with E-state index < -0.39 is 0 Å². The van der Waals surface area contributed by atoms with E-state index in [4.69, 9.17) is 5.26 Å². The van der Waals surface area contributed by atoms with Gasteiger partial charge in [0.15, 0.2) is 0 Å². The van der Waals surface area contributed by atoms with Gasteiger partial charge in [0.25, 0.3) is 0 Å². The molecule has 0 bridgehead atoms. The monoisotopic (exact) mass is 221 g/mol. The summed E-state index contributed by atoms with van der Waals surface area (Å²) in [7, 11) is 0. The van der Waals surface area contributed by atoms with E-state index in [1.807, 2.05) is 0 Å². The normalized spacial score (nSPS) is 29.8. The van der Waals surface area contributed by atoms with E-state index in [1.165, 1.54) is 25.9 Å². The average Bonchev–Trinajstić information content (AvgIpc) is 2.77. The van der Waals surface area contributed by atoms with Gasteiger partial charge in [-0.15, -0.1) is 0 Å². The van der Waals surface area contributed by atoms with E-state index in [0.29, 0.717) is 12.0 Å². The van der Waals surface area contributed by atoms with Gasteiger partial charge in [-0.25, -0.2) is 0 Å². The minimum absolute atomic E-state index is 0.295. The van der Waals surface area contributed by atoms with Crippen LogP contribution in [-0.2, 0) is 0 Å². The first-order chi connectivity index (χ1) is 7.70. The molecule has 1 unspecified atom stereocenters. The Morgan fingerprint density at radius 1 is 1.12 bits per heavy atom. The second kappa shape index (κ2) is 5.16. The van der Waals surface area contributed by atoms with E-state index in [2.05, 4.69) is 29.7 Å². The third-order valence-electron chi connectivity index (χ3n) is 4.15. The summed E-state index contributed by atoms with van der Waals surface area (Å²) in [6.07, 6.45) is 3.66. The van der Waals surface area contributed by atoms with Crippen molar-refractivity contribution < 1.29 is 0 Å². The van der Waals surface area contributed by atoms with Crippen LogP contribution in [0.4, 0.5) is 0 Å². The number of hydrogen-bond acceptors (Lipinski definition) is 3. The highest BCUT2D eigenvalue weighted by molar-refractivity contribution is 4.94. The molecular formula is C13H23N3. The fourth-order valence-electron chi connectivity index (χ4n) is 2.99. The number of rotatable bonds is 2. The number of hydrogen-bond donors (Lipinski definition) is 0. The first kappa shape index (κ1) is 11.9. The molecule has 2 fully saturated rings. The van der Waals surface area contributed by atoms with Crippen molar-refractivity contribution in [2.75, 3.05) is 26.2 Å². The van der Waals surface area contributed by atoms with E-state index in [-0.39, 0.29) is 0 Å². The SMILES string of the molecule is CC(C)N1CCC(N2CCC(C#N)C2)CC1. The Labute approximate surface area is 99.0 Å². The molecule has 2 heterocycles. The van der Waals surface area contributed by atoms with Gasteiger partial charge in [-0.05, 0) is 52.7 Å². The third kappa shape index (κ3) is 2.56. The standard InChI is InChI=1S/C13H23N3/c1-11(2)15-7-4-13(5-8-15)16-6-3-12(9-14)10-16/h11-13H,3-8,10H2,1-2H3. The molecule has 3 nitrogen and oxygen atoms in total. The number of piperidine rings is 1. The molecule has 0 aromatic heterocycles. The molecule has 0 aromatic rings. The summed E-state index contributed by atoms with van der Waals surface area (Å²) in [5.74, 6) is 0.295. The summed E-state index contributed by atoms with van der Waals surface area (Å²) in [5.41, 5.74) is 0. The molecule has 0 radical (unpaired) electrons. The molecule has 2 rings (SSSR count). The fraction of sp³-hybridized carbons (Fsp3) is 0.923. The van der Waals surface area contributed by atoms with Crippen LogP contribution >= 0.6 is 0 Å². The highest BCUT2D eigenvalue weighted by atomic mass is 15.2. The van der Waals surface area contributed by atoms with Crippen molar-refractivity contribution in [3.63, 3.8) is 0 Å². The molecule has 3 heteroatoms. The minimum Gasteiger partial charge on any atom is -0.301 e. The van der Waals surface area contributed by atoms with Crippen molar-refractivity contribution in [3.8, 4) is 6.07 Å². The summed E-state index contributed by atoms with van der Waals surface area (Å²) < 4.78 is 0. The number of likely N-dealkylation sites (tertiary alicyclic amines) is 2. The molecule has 2 saturated heterocycles. The van der Waals surface area contributed by atoms with E-state index >= 15 is 0 Å². The van der Waals surface area contributed by atoms with Crippen molar-refractivity contribution in [1.82, 2.24) is 9.80 Å². The van der Waals surface area contributed by atoms with Crippen LogP contribution in [0.2, 0.25) is 0 Å². The Kier molecular flexibility index (Phi) is 3.83. The van der Waals surface area contributed by atoms with Crippen molar-refractivity contribution in [1.29, 1.82) is 5.26 Å². The average molecular weight is 221 g/mol. The van der Waals surface area contributed by atoms with Crippen LogP contribution in [-0.4, -0.2) is 48.1 Å². The van der Waals surface area contributed by atoms with Crippen LogP contribution in [0.1, 0.15) is 33.1 Å². The third-order valence-corrected chi connectivity index (χ3v) is 4.15. The lowest BCUT2D eigenvalue weighted by atomic mass is 10.0. The largest absolute Gasteiger partial charge is 0.301 e. The van der Waals surface area contributed by atoms with Crippen LogP contribution in [0, 0.1) is 17.2 Å². The Morgan fingerprint density at radius 2 is 1.81 bits per heavy atom. The second-order valence-electron chi connectivity index (χ2n) is 5.47. The van der Waals surface area contributed by atoms with Gasteiger partial charge >= 0.3 is 0 Å². The van der Waals surface area contributed by atoms with Gasteiger partial charge in [-0.1, -0.05) is 0 Å². The summed E-state index contributed by atoms with van der Waals surface area (Å²) in [5, 5.41) is 8.91. The summed E-state index contributed by atoms with van der Waals surface area (Å²) >= 11 is 0. The molecule has 0 amide bonds. The quantitative estimate of drug-likeness (QED) is 0.711. The topological polar surface area (TPSA) is 30.3 Å². The summed E-state index contributed by atoms with van der Waals surface area (Å²) in [6.45, 7) is 9.18. The van der Waals surface area contributed by atoms with Crippen LogP contribution < -0.4 is 0 Å². The summed E-state index contributed by atoms with van der Waals surface area (Å²) in [4.78, 5) is 5.11. The zero-order chi connectivity index (χ0) is 11.5.